The van der Waals surface area contributed by atoms with Crippen LogP contribution in [-0.2, 0) is 26.1 Å². The van der Waals surface area contributed by atoms with Gasteiger partial charge in [-0.3, -0.25) is 9.10 Å². The molecule has 1 heterocycles. The Hall–Kier alpha value is -3.37. The minimum absolute atomic E-state index is 0.0280. The first-order chi connectivity index (χ1) is 15.3. The first-order valence-corrected chi connectivity index (χ1v) is 11.8. The van der Waals surface area contributed by atoms with E-state index in [0.717, 1.165) is 9.18 Å². The summed E-state index contributed by atoms with van der Waals surface area (Å²) in [6.45, 7) is -0.119. The lowest BCUT2D eigenvalue weighted by atomic mass is 10.2. The van der Waals surface area contributed by atoms with Crippen LogP contribution >= 0.6 is 11.3 Å². The monoisotopic (exact) mass is 474 g/mol. The molecule has 0 fully saturated rings. The number of carbonyl (C=O) groups excluding carboxylic acids is 2. The lowest BCUT2D eigenvalue weighted by Gasteiger charge is -2.20. The molecule has 8 nitrogen and oxygen atoms in total. The maximum absolute atomic E-state index is 13.0. The third-order valence-electron chi connectivity index (χ3n) is 4.54. The zero-order chi connectivity index (χ0) is 23.1. The number of esters is 1. The number of amides is 1. The lowest BCUT2D eigenvalue weighted by molar-refractivity contribution is -0.124. The first-order valence-electron chi connectivity index (χ1n) is 9.50. The van der Waals surface area contributed by atoms with Gasteiger partial charge in [0.05, 0.1) is 29.8 Å². The summed E-state index contributed by atoms with van der Waals surface area (Å²) in [5.41, 5.74) is 0.460. The van der Waals surface area contributed by atoms with Crippen LogP contribution in [0.25, 0.3) is 0 Å². The van der Waals surface area contributed by atoms with Crippen LogP contribution in [-0.4, -0.2) is 41.1 Å². The second-order valence-electron chi connectivity index (χ2n) is 6.63. The number of sulfonamides is 1. The van der Waals surface area contributed by atoms with Crippen LogP contribution in [0, 0.1) is 0 Å². The Bertz CT molecular complexity index is 1180. The maximum Gasteiger partial charge on any atom is 0.338 e. The van der Waals surface area contributed by atoms with Gasteiger partial charge in [-0.1, -0.05) is 12.1 Å². The summed E-state index contributed by atoms with van der Waals surface area (Å²) in [6, 6.07) is 15.8. The van der Waals surface area contributed by atoms with E-state index in [1.165, 1.54) is 49.8 Å². The molecule has 0 aliphatic heterocycles. The molecule has 0 saturated heterocycles. The van der Waals surface area contributed by atoms with E-state index in [2.05, 4.69) is 5.32 Å². The number of rotatable bonds is 9. The molecule has 1 N–H and O–H groups in total. The van der Waals surface area contributed by atoms with Crippen LogP contribution in [0.2, 0.25) is 0 Å². The maximum atomic E-state index is 13.0. The van der Waals surface area contributed by atoms with Crippen molar-refractivity contribution in [2.75, 3.05) is 25.1 Å². The molecular formula is C22H22N2O6S2. The molecule has 0 bridgehead atoms. The smallest absolute Gasteiger partial charge is 0.338 e. The molecule has 1 aromatic heterocycles. The standard InChI is InChI=1S/C22H22N2O6S2/c1-24(17-8-10-18(29-2)11-9-17)32(27,28)20-7-3-5-16(13-20)22(26)30-15-21(25)23-14-19-6-4-12-31-19/h3-13H,14-15H2,1-2H3,(H,23,25). The molecule has 168 valence electrons. The predicted octanol–water partition coefficient (Wildman–Crippen LogP) is 3.06. The van der Waals surface area contributed by atoms with E-state index in [1.807, 2.05) is 17.5 Å². The molecule has 2 aromatic carbocycles. The number of methoxy groups -OCH3 is 1. The molecule has 0 aliphatic carbocycles. The van der Waals surface area contributed by atoms with Gasteiger partial charge in [-0.2, -0.15) is 0 Å². The summed E-state index contributed by atoms with van der Waals surface area (Å²) in [6.07, 6.45) is 0. The van der Waals surface area contributed by atoms with E-state index in [4.69, 9.17) is 9.47 Å². The number of nitrogens with one attached hydrogen (secondary N) is 1. The molecule has 0 radical (unpaired) electrons. The number of nitrogens with zero attached hydrogens (tertiary/aromatic N) is 1. The Morgan fingerprint density at radius 1 is 1.06 bits per heavy atom. The van der Waals surface area contributed by atoms with E-state index < -0.39 is 28.5 Å². The molecule has 3 aromatic rings. The number of thiophene rings is 1. The van der Waals surface area contributed by atoms with Gasteiger partial charge in [0, 0.05) is 11.9 Å². The second-order valence-corrected chi connectivity index (χ2v) is 9.63. The normalized spacial score (nSPS) is 10.9. The summed E-state index contributed by atoms with van der Waals surface area (Å²) in [5, 5.41) is 4.55. The lowest BCUT2D eigenvalue weighted by Crippen LogP contribution is -2.28. The van der Waals surface area contributed by atoms with Gasteiger partial charge in [0.1, 0.15) is 5.75 Å². The third kappa shape index (κ3) is 5.65. The average Bonchev–Trinajstić information content (AvgIpc) is 3.34. The highest BCUT2D eigenvalue weighted by molar-refractivity contribution is 7.92. The van der Waals surface area contributed by atoms with Crippen LogP contribution in [0.3, 0.4) is 0 Å². The van der Waals surface area contributed by atoms with Crippen LogP contribution in [0.1, 0.15) is 15.2 Å². The Kier molecular flexibility index (Phi) is 7.49. The fourth-order valence-electron chi connectivity index (χ4n) is 2.74. The van der Waals surface area contributed by atoms with E-state index >= 15 is 0 Å². The van der Waals surface area contributed by atoms with Crippen molar-refractivity contribution < 1.29 is 27.5 Å². The molecule has 32 heavy (non-hydrogen) atoms. The largest absolute Gasteiger partial charge is 0.497 e. The first kappa shape index (κ1) is 23.3. The van der Waals surface area contributed by atoms with Gasteiger partial charge in [0.2, 0.25) is 0 Å². The Morgan fingerprint density at radius 3 is 2.47 bits per heavy atom. The van der Waals surface area contributed by atoms with Gasteiger partial charge in [-0.15, -0.1) is 11.3 Å². The Labute approximate surface area is 190 Å². The quantitative estimate of drug-likeness (QED) is 0.478. The number of hydrogen-bond acceptors (Lipinski definition) is 7. The van der Waals surface area contributed by atoms with Crippen molar-refractivity contribution in [1.29, 1.82) is 0 Å². The molecule has 0 atom stereocenters. The summed E-state index contributed by atoms with van der Waals surface area (Å²) < 4.78 is 37.2. The van der Waals surface area contributed by atoms with Crippen molar-refractivity contribution in [2.45, 2.75) is 11.4 Å². The Morgan fingerprint density at radius 2 is 1.81 bits per heavy atom. The highest BCUT2D eigenvalue weighted by Gasteiger charge is 2.23. The molecule has 0 saturated carbocycles. The van der Waals surface area contributed by atoms with Gasteiger partial charge in [-0.05, 0) is 53.9 Å². The van der Waals surface area contributed by atoms with E-state index in [1.54, 1.807) is 24.3 Å². The van der Waals surface area contributed by atoms with Gasteiger partial charge >= 0.3 is 5.97 Å². The number of benzene rings is 2. The second kappa shape index (κ2) is 10.3. The average molecular weight is 475 g/mol. The number of anilines is 1. The van der Waals surface area contributed by atoms with Crippen molar-refractivity contribution in [3.63, 3.8) is 0 Å². The molecule has 0 unspecified atom stereocenters. The molecule has 3 rings (SSSR count). The molecule has 1 amide bonds. The van der Waals surface area contributed by atoms with Gasteiger partial charge in [-0.25, -0.2) is 13.2 Å². The van der Waals surface area contributed by atoms with Crippen LogP contribution in [0.15, 0.2) is 70.9 Å². The summed E-state index contributed by atoms with van der Waals surface area (Å²) >= 11 is 1.50. The van der Waals surface area contributed by atoms with Crippen LogP contribution in [0.4, 0.5) is 5.69 Å². The van der Waals surface area contributed by atoms with Gasteiger partial charge in [0.15, 0.2) is 6.61 Å². The van der Waals surface area contributed by atoms with Crippen LogP contribution in [0.5, 0.6) is 5.75 Å². The molecule has 0 aliphatic rings. The van der Waals surface area contributed by atoms with Crippen molar-refractivity contribution in [3.05, 3.63) is 76.5 Å². The van der Waals surface area contributed by atoms with Crippen LogP contribution < -0.4 is 14.4 Å². The third-order valence-corrected chi connectivity index (χ3v) is 7.20. The number of hydrogen-bond donors (Lipinski definition) is 1. The zero-order valence-electron chi connectivity index (χ0n) is 17.5. The van der Waals surface area contributed by atoms with E-state index in [9.17, 15) is 18.0 Å². The minimum atomic E-state index is -3.93. The zero-order valence-corrected chi connectivity index (χ0v) is 19.1. The SMILES string of the molecule is COc1ccc(N(C)S(=O)(=O)c2cccc(C(=O)OCC(=O)NCc3cccs3)c2)cc1. The van der Waals surface area contributed by atoms with Gasteiger partial charge < -0.3 is 14.8 Å². The molecule has 0 spiro atoms. The highest BCUT2D eigenvalue weighted by atomic mass is 32.2. The minimum Gasteiger partial charge on any atom is -0.497 e. The fraction of sp³-hybridized carbons (Fsp3) is 0.182. The Balaban J connectivity index is 1.65. The predicted molar refractivity (Wildman–Crippen MR) is 121 cm³/mol. The van der Waals surface area contributed by atoms with Crippen molar-refractivity contribution in [3.8, 4) is 5.75 Å². The van der Waals surface area contributed by atoms with Crippen molar-refractivity contribution in [2.24, 2.45) is 0 Å². The number of ether oxygens (including phenoxy) is 2. The molecular weight excluding hydrogens is 452 g/mol. The summed E-state index contributed by atoms with van der Waals surface area (Å²) in [5.74, 6) is -0.640. The fourth-order valence-corrected chi connectivity index (χ4v) is 4.62. The van der Waals surface area contributed by atoms with Crippen molar-refractivity contribution in [1.82, 2.24) is 5.32 Å². The molecule has 10 heteroatoms. The summed E-state index contributed by atoms with van der Waals surface area (Å²) in [7, 11) is -0.988. The van der Waals surface area contributed by atoms with Crippen molar-refractivity contribution >= 4 is 38.9 Å². The highest BCUT2D eigenvalue weighted by Crippen LogP contribution is 2.25. The summed E-state index contributed by atoms with van der Waals surface area (Å²) in [4.78, 5) is 25.1. The topological polar surface area (TPSA) is 102 Å². The van der Waals surface area contributed by atoms with E-state index in [-0.39, 0.29) is 10.5 Å². The van der Waals surface area contributed by atoms with E-state index in [0.29, 0.717) is 18.0 Å². The van der Waals surface area contributed by atoms with Gasteiger partial charge in [0.25, 0.3) is 15.9 Å². The number of carbonyl (C=O) groups is 2.